The van der Waals surface area contributed by atoms with E-state index in [1.165, 1.54) is 18.2 Å². The molecule has 1 atom stereocenters. The van der Waals surface area contributed by atoms with Crippen molar-refractivity contribution in [1.29, 1.82) is 0 Å². The average molecular weight is 417 g/mol. The predicted molar refractivity (Wildman–Crippen MR) is 110 cm³/mol. The van der Waals surface area contributed by atoms with Crippen LogP contribution in [0.3, 0.4) is 0 Å². The van der Waals surface area contributed by atoms with Gasteiger partial charge in [0.1, 0.15) is 5.69 Å². The molecule has 1 aliphatic rings. The van der Waals surface area contributed by atoms with Crippen molar-refractivity contribution >= 4 is 27.1 Å². The summed E-state index contributed by atoms with van der Waals surface area (Å²) in [5, 5.41) is 14.3. The number of sulfone groups is 1. The Labute approximate surface area is 169 Å². The molecule has 1 saturated heterocycles. The van der Waals surface area contributed by atoms with E-state index in [0.29, 0.717) is 5.69 Å². The maximum Gasteiger partial charge on any atom is 0.293 e. The number of hydrogen-bond donors (Lipinski definition) is 1. The monoisotopic (exact) mass is 417 g/mol. The highest BCUT2D eigenvalue weighted by molar-refractivity contribution is 7.90. The highest BCUT2D eigenvalue weighted by Gasteiger charge is 2.24. The summed E-state index contributed by atoms with van der Waals surface area (Å²) in [6.45, 7) is 3.31. The Kier molecular flexibility index (Phi) is 5.88. The van der Waals surface area contributed by atoms with Crippen molar-refractivity contribution in [2.24, 2.45) is 0 Å². The van der Waals surface area contributed by atoms with Gasteiger partial charge in [-0.25, -0.2) is 8.42 Å². The Balaban J connectivity index is 1.77. The van der Waals surface area contributed by atoms with E-state index in [-0.39, 0.29) is 16.1 Å². The summed E-state index contributed by atoms with van der Waals surface area (Å²) in [7, 11) is -3.29. The first-order chi connectivity index (χ1) is 13.7. The molecule has 1 amide bonds. The molecule has 0 unspecified atom stereocenters. The number of carbonyl (C=O) groups excluding carboxylic acids is 1. The van der Waals surface area contributed by atoms with Gasteiger partial charge in [0.25, 0.3) is 11.6 Å². The number of nitro groups is 1. The number of nitrogens with zero attached hydrogens (tertiary/aromatic N) is 2. The molecule has 0 aromatic heterocycles. The topological polar surface area (TPSA) is 110 Å². The van der Waals surface area contributed by atoms with Gasteiger partial charge in [0.15, 0.2) is 9.84 Å². The summed E-state index contributed by atoms with van der Waals surface area (Å²) in [6.07, 6.45) is 3.12. The molecule has 1 aliphatic heterocycles. The largest absolute Gasteiger partial charge is 0.366 e. The van der Waals surface area contributed by atoms with Crippen LogP contribution >= 0.6 is 0 Å². The minimum atomic E-state index is -3.29. The standard InChI is InChI=1S/C20H23N3O5S/c1-14(15-5-8-17(9-6-15)29(2,27)28)21-20(24)16-7-10-18(19(13-16)23(25)26)22-11-3-4-12-22/h5-10,13-14H,3-4,11-12H2,1-2H3,(H,21,24)/t14-/m1/s1. The van der Waals surface area contributed by atoms with E-state index >= 15 is 0 Å². The van der Waals surface area contributed by atoms with Crippen LogP contribution < -0.4 is 10.2 Å². The normalized spacial score (nSPS) is 15.2. The Hall–Kier alpha value is -2.94. The highest BCUT2D eigenvalue weighted by Crippen LogP contribution is 2.31. The Morgan fingerprint density at radius 2 is 1.76 bits per heavy atom. The molecular formula is C20H23N3O5S. The molecule has 1 N–H and O–H groups in total. The van der Waals surface area contributed by atoms with Gasteiger partial charge in [0.05, 0.1) is 15.9 Å². The summed E-state index contributed by atoms with van der Waals surface area (Å²) < 4.78 is 23.1. The van der Waals surface area contributed by atoms with Gasteiger partial charge in [-0.3, -0.25) is 14.9 Å². The van der Waals surface area contributed by atoms with Crippen LogP contribution in [0.15, 0.2) is 47.4 Å². The fourth-order valence-electron chi connectivity index (χ4n) is 3.40. The van der Waals surface area contributed by atoms with Crippen molar-refractivity contribution in [2.45, 2.75) is 30.7 Å². The van der Waals surface area contributed by atoms with Crippen molar-refractivity contribution in [2.75, 3.05) is 24.2 Å². The fraction of sp³-hybridized carbons (Fsp3) is 0.350. The van der Waals surface area contributed by atoms with Crippen molar-refractivity contribution in [1.82, 2.24) is 5.32 Å². The number of benzene rings is 2. The second kappa shape index (κ2) is 8.20. The molecule has 1 heterocycles. The fourth-order valence-corrected chi connectivity index (χ4v) is 4.03. The van der Waals surface area contributed by atoms with Crippen molar-refractivity contribution in [3.05, 3.63) is 63.7 Å². The summed E-state index contributed by atoms with van der Waals surface area (Å²) in [5.41, 5.74) is 1.39. The predicted octanol–water partition coefficient (Wildman–Crippen LogP) is 3.09. The zero-order valence-corrected chi connectivity index (χ0v) is 17.1. The summed E-state index contributed by atoms with van der Waals surface area (Å²) in [4.78, 5) is 25.8. The molecule has 2 aromatic rings. The first-order valence-electron chi connectivity index (χ1n) is 9.31. The molecule has 0 spiro atoms. The first-order valence-corrected chi connectivity index (χ1v) is 11.2. The smallest absolute Gasteiger partial charge is 0.293 e. The Morgan fingerprint density at radius 1 is 1.14 bits per heavy atom. The lowest BCUT2D eigenvalue weighted by Crippen LogP contribution is -2.27. The number of hydrogen-bond acceptors (Lipinski definition) is 6. The van der Waals surface area contributed by atoms with Crippen molar-refractivity contribution < 1.29 is 18.1 Å². The van der Waals surface area contributed by atoms with Crippen LogP contribution in [0.2, 0.25) is 0 Å². The van der Waals surface area contributed by atoms with Gasteiger partial charge < -0.3 is 10.2 Å². The Bertz CT molecular complexity index is 1030. The molecule has 154 valence electrons. The third-order valence-corrected chi connectivity index (χ3v) is 6.17. The molecule has 0 saturated carbocycles. The lowest BCUT2D eigenvalue weighted by atomic mass is 10.1. The van der Waals surface area contributed by atoms with Crippen LogP contribution in [-0.2, 0) is 9.84 Å². The van der Waals surface area contributed by atoms with Crippen LogP contribution in [0.4, 0.5) is 11.4 Å². The van der Waals surface area contributed by atoms with Gasteiger partial charge in [-0.1, -0.05) is 12.1 Å². The van der Waals surface area contributed by atoms with Crippen molar-refractivity contribution in [3.8, 4) is 0 Å². The molecule has 0 aliphatic carbocycles. The minimum Gasteiger partial charge on any atom is -0.366 e. The van der Waals surface area contributed by atoms with Crippen LogP contribution in [-0.4, -0.2) is 38.6 Å². The second-order valence-corrected chi connectivity index (χ2v) is 9.21. The van der Waals surface area contributed by atoms with Crippen LogP contribution in [0.1, 0.15) is 41.7 Å². The first kappa shape index (κ1) is 20.8. The number of amides is 1. The van der Waals surface area contributed by atoms with Gasteiger partial charge in [-0.2, -0.15) is 0 Å². The molecule has 8 nitrogen and oxygen atoms in total. The number of nitro benzene ring substituents is 1. The maximum atomic E-state index is 12.6. The highest BCUT2D eigenvalue weighted by atomic mass is 32.2. The molecule has 0 bridgehead atoms. The van der Waals surface area contributed by atoms with Crippen LogP contribution in [0.25, 0.3) is 0 Å². The average Bonchev–Trinajstić information content (AvgIpc) is 3.21. The van der Waals surface area contributed by atoms with E-state index in [4.69, 9.17) is 0 Å². The van der Waals surface area contributed by atoms with Gasteiger partial charge in [0.2, 0.25) is 0 Å². The molecule has 2 aromatic carbocycles. The SMILES string of the molecule is C[C@@H](NC(=O)c1ccc(N2CCCC2)c([N+](=O)[O-])c1)c1ccc(S(C)(=O)=O)cc1. The molecule has 1 fully saturated rings. The lowest BCUT2D eigenvalue weighted by molar-refractivity contribution is -0.384. The number of rotatable bonds is 6. The molecule has 29 heavy (non-hydrogen) atoms. The van der Waals surface area contributed by atoms with Crippen molar-refractivity contribution in [3.63, 3.8) is 0 Å². The van der Waals surface area contributed by atoms with E-state index in [2.05, 4.69) is 5.32 Å². The molecule has 9 heteroatoms. The van der Waals surface area contributed by atoms with E-state index in [1.807, 2.05) is 4.90 Å². The Morgan fingerprint density at radius 3 is 2.31 bits per heavy atom. The van der Waals surface area contributed by atoms with Gasteiger partial charge in [-0.05, 0) is 49.6 Å². The van der Waals surface area contributed by atoms with E-state index in [9.17, 15) is 23.3 Å². The van der Waals surface area contributed by atoms with Crippen LogP contribution in [0.5, 0.6) is 0 Å². The summed E-state index contributed by atoms with van der Waals surface area (Å²) >= 11 is 0. The quantitative estimate of drug-likeness (QED) is 0.571. The second-order valence-electron chi connectivity index (χ2n) is 7.19. The van der Waals surface area contributed by atoms with E-state index in [1.54, 1.807) is 31.2 Å². The van der Waals surface area contributed by atoms with E-state index < -0.39 is 26.7 Å². The van der Waals surface area contributed by atoms with Gasteiger partial charge >= 0.3 is 0 Å². The van der Waals surface area contributed by atoms with Crippen LogP contribution in [0, 0.1) is 10.1 Å². The zero-order valence-electron chi connectivity index (χ0n) is 16.3. The van der Waals surface area contributed by atoms with Gasteiger partial charge in [-0.15, -0.1) is 0 Å². The number of anilines is 1. The third-order valence-electron chi connectivity index (χ3n) is 5.04. The zero-order chi connectivity index (χ0) is 21.2. The maximum absolute atomic E-state index is 12.6. The minimum absolute atomic E-state index is 0.0790. The van der Waals surface area contributed by atoms with E-state index in [0.717, 1.165) is 37.8 Å². The van der Waals surface area contributed by atoms with Gasteiger partial charge in [0, 0.05) is 31.0 Å². The molecular weight excluding hydrogens is 394 g/mol. The summed E-state index contributed by atoms with van der Waals surface area (Å²) in [5.74, 6) is -0.430. The number of carbonyl (C=O) groups is 1. The number of nitrogens with one attached hydrogen (secondary N) is 1. The third kappa shape index (κ3) is 4.73. The summed E-state index contributed by atoms with van der Waals surface area (Å²) in [6, 6.07) is 10.4. The molecule has 3 rings (SSSR count). The lowest BCUT2D eigenvalue weighted by Gasteiger charge is -2.18. The molecule has 0 radical (unpaired) electrons.